The zero-order chi connectivity index (χ0) is 19.0. The average molecular weight is 400 g/mol. The van der Waals surface area contributed by atoms with Gasteiger partial charge in [0, 0.05) is 34.9 Å². The molecule has 0 aliphatic heterocycles. The molecule has 0 aliphatic carbocycles. The Morgan fingerprint density at radius 3 is 2.56 bits per heavy atom. The lowest BCUT2D eigenvalue weighted by molar-refractivity contribution is 0.0915. The number of nitrogens with zero attached hydrogens (tertiary/aromatic N) is 2. The van der Waals surface area contributed by atoms with E-state index >= 15 is 0 Å². The van der Waals surface area contributed by atoms with Crippen molar-refractivity contribution in [2.24, 2.45) is 7.05 Å². The van der Waals surface area contributed by atoms with Gasteiger partial charge in [-0.25, -0.2) is 4.98 Å². The van der Waals surface area contributed by atoms with Crippen molar-refractivity contribution in [3.63, 3.8) is 0 Å². The van der Waals surface area contributed by atoms with E-state index in [0.29, 0.717) is 21.5 Å². The van der Waals surface area contributed by atoms with Crippen molar-refractivity contribution in [2.75, 3.05) is 0 Å². The second-order valence-electron chi connectivity index (χ2n) is 6.15. The van der Waals surface area contributed by atoms with Crippen LogP contribution >= 0.6 is 23.2 Å². The van der Waals surface area contributed by atoms with E-state index in [0.717, 1.165) is 10.9 Å². The first-order valence-corrected chi connectivity index (χ1v) is 8.99. The number of aryl methyl sites for hydroxylation is 1. The molecule has 0 unspecified atom stereocenters. The smallest absolute Gasteiger partial charge is 0.287 e. The van der Waals surface area contributed by atoms with Crippen LogP contribution in [0.1, 0.15) is 28.0 Å². The summed E-state index contributed by atoms with van der Waals surface area (Å²) in [4.78, 5) is 17.2. The molecule has 2 aromatic heterocycles. The van der Waals surface area contributed by atoms with Gasteiger partial charge in [0.2, 0.25) is 0 Å². The molecule has 7 heteroatoms. The zero-order valence-electron chi connectivity index (χ0n) is 14.3. The SMILES string of the molecule is Cn1ccnc1[C@@H](NC(=O)c1cc2cc(Cl)ccc2o1)c1ccc(Cl)cc1. The number of carbonyl (C=O) groups is 1. The lowest BCUT2D eigenvalue weighted by Crippen LogP contribution is -2.30. The molecule has 4 rings (SSSR count). The highest BCUT2D eigenvalue weighted by Crippen LogP contribution is 2.26. The van der Waals surface area contributed by atoms with Gasteiger partial charge < -0.3 is 14.3 Å². The van der Waals surface area contributed by atoms with Crippen molar-refractivity contribution in [1.82, 2.24) is 14.9 Å². The molecule has 0 saturated heterocycles. The summed E-state index contributed by atoms with van der Waals surface area (Å²) >= 11 is 12.0. The predicted molar refractivity (Wildman–Crippen MR) is 105 cm³/mol. The van der Waals surface area contributed by atoms with Gasteiger partial charge in [0.05, 0.1) is 0 Å². The van der Waals surface area contributed by atoms with Crippen molar-refractivity contribution in [3.8, 4) is 0 Å². The first-order chi connectivity index (χ1) is 13.0. The number of rotatable bonds is 4. The maximum absolute atomic E-state index is 12.9. The van der Waals surface area contributed by atoms with Crippen LogP contribution in [0.2, 0.25) is 10.0 Å². The summed E-state index contributed by atoms with van der Waals surface area (Å²) < 4.78 is 7.53. The molecule has 0 spiro atoms. The fourth-order valence-corrected chi connectivity index (χ4v) is 3.24. The molecule has 0 fully saturated rings. The molecule has 0 bridgehead atoms. The lowest BCUT2D eigenvalue weighted by Gasteiger charge is -2.18. The Morgan fingerprint density at radius 1 is 1.11 bits per heavy atom. The van der Waals surface area contributed by atoms with Crippen LogP contribution in [0.3, 0.4) is 0 Å². The molecule has 1 amide bonds. The van der Waals surface area contributed by atoms with Crippen LogP contribution in [0.5, 0.6) is 0 Å². The van der Waals surface area contributed by atoms with Crippen molar-refractivity contribution in [2.45, 2.75) is 6.04 Å². The highest BCUT2D eigenvalue weighted by atomic mass is 35.5. The van der Waals surface area contributed by atoms with Crippen LogP contribution in [0.4, 0.5) is 0 Å². The van der Waals surface area contributed by atoms with Gasteiger partial charge in [0.15, 0.2) is 5.76 Å². The van der Waals surface area contributed by atoms with E-state index in [2.05, 4.69) is 10.3 Å². The first kappa shape index (κ1) is 17.6. The second-order valence-corrected chi connectivity index (χ2v) is 7.02. The van der Waals surface area contributed by atoms with Gasteiger partial charge >= 0.3 is 0 Å². The van der Waals surface area contributed by atoms with Gasteiger partial charge in [-0.3, -0.25) is 4.79 Å². The van der Waals surface area contributed by atoms with E-state index in [9.17, 15) is 4.79 Å². The number of nitrogens with one attached hydrogen (secondary N) is 1. The van der Waals surface area contributed by atoms with Gasteiger partial charge in [-0.2, -0.15) is 0 Å². The molecule has 27 heavy (non-hydrogen) atoms. The number of fused-ring (bicyclic) bond motifs is 1. The molecule has 1 N–H and O–H groups in total. The fraction of sp³-hybridized carbons (Fsp3) is 0.100. The molecule has 1 atom stereocenters. The number of furan rings is 1. The summed E-state index contributed by atoms with van der Waals surface area (Å²) in [5.41, 5.74) is 1.46. The maximum Gasteiger partial charge on any atom is 0.287 e. The quantitative estimate of drug-likeness (QED) is 0.525. The molecule has 136 valence electrons. The lowest BCUT2D eigenvalue weighted by atomic mass is 10.1. The van der Waals surface area contributed by atoms with E-state index in [4.69, 9.17) is 27.6 Å². The van der Waals surface area contributed by atoms with Crippen LogP contribution in [0.25, 0.3) is 11.0 Å². The summed E-state index contributed by atoms with van der Waals surface area (Å²) in [6, 6.07) is 13.7. The second kappa shape index (κ2) is 7.10. The Hall–Kier alpha value is -2.76. The van der Waals surface area contributed by atoms with Crippen LogP contribution < -0.4 is 5.32 Å². The summed E-state index contributed by atoms with van der Waals surface area (Å²) in [6.07, 6.45) is 3.52. The molecule has 4 aromatic rings. The van der Waals surface area contributed by atoms with Gasteiger partial charge in [-0.05, 0) is 42.0 Å². The number of carbonyl (C=O) groups excluding carboxylic acids is 1. The topological polar surface area (TPSA) is 60.1 Å². The highest BCUT2D eigenvalue weighted by Gasteiger charge is 2.23. The largest absolute Gasteiger partial charge is 0.451 e. The number of amides is 1. The highest BCUT2D eigenvalue weighted by molar-refractivity contribution is 6.31. The third-order valence-corrected chi connectivity index (χ3v) is 4.78. The van der Waals surface area contributed by atoms with Gasteiger partial charge in [-0.1, -0.05) is 35.3 Å². The predicted octanol–water partition coefficient (Wildman–Crippen LogP) is 4.99. The Labute approximate surface area is 165 Å². The maximum atomic E-state index is 12.9. The summed E-state index contributed by atoms with van der Waals surface area (Å²) in [5.74, 6) is 0.565. The number of aromatic nitrogens is 2. The standard InChI is InChI=1S/C20H15Cl2N3O2/c1-25-9-8-23-19(25)18(12-2-4-14(21)5-3-12)24-20(26)17-11-13-10-15(22)6-7-16(13)27-17/h2-11,18H,1H3,(H,24,26)/t18-/m0/s1. The van der Waals surface area contributed by atoms with Crippen LogP contribution in [-0.2, 0) is 7.05 Å². The van der Waals surface area contributed by atoms with Crippen molar-refractivity contribution in [3.05, 3.63) is 88.1 Å². The van der Waals surface area contributed by atoms with E-state index in [-0.39, 0.29) is 11.7 Å². The third kappa shape index (κ3) is 3.56. The Morgan fingerprint density at radius 2 is 1.85 bits per heavy atom. The van der Waals surface area contributed by atoms with Crippen molar-refractivity contribution >= 4 is 40.1 Å². The minimum absolute atomic E-state index is 0.209. The molecular weight excluding hydrogens is 385 g/mol. The van der Waals surface area contributed by atoms with Gasteiger partial charge in [0.25, 0.3) is 5.91 Å². The van der Waals surface area contributed by atoms with Crippen LogP contribution in [-0.4, -0.2) is 15.5 Å². The van der Waals surface area contributed by atoms with Crippen LogP contribution in [0, 0.1) is 0 Å². The van der Waals surface area contributed by atoms with Crippen molar-refractivity contribution < 1.29 is 9.21 Å². The monoisotopic (exact) mass is 399 g/mol. The molecule has 0 saturated carbocycles. The van der Waals surface area contributed by atoms with E-state index in [1.54, 1.807) is 42.6 Å². The Bertz CT molecular complexity index is 1120. The van der Waals surface area contributed by atoms with Gasteiger partial charge in [-0.15, -0.1) is 0 Å². The molecular formula is C20H15Cl2N3O2. The Balaban J connectivity index is 1.68. The van der Waals surface area contributed by atoms with E-state index in [1.165, 1.54) is 0 Å². The number of benzene rings is 2. The third-order valence-electron chi connectivity index (χ3n) is 4.30. The molecule has 5 nitrogen and oxygen atoms in total. The van der Waals surface area contributed by atoms with Gasteiger partial charge in [0.1, 0.15) is 17.4 Å². The van der Waals surface area contributed by atoms with E-state index < -0.39 is 6.04 Å². The molecule has 0 aliphatic rings. The fourth-order valence-electron chi connectivity index (χ4n) is 2.94. The average Bonchev–Trinajstić information content (AvgIpc) is 3.26. The number of halogens is 2. The minimum atomic E-state index is -0.452. The van der Waals surface area contributed by atoms with E-state index in [1.807, 2.05) is 29.9 Å². The summed E-state index contributed by atoms with van der Waals surface area (Å²) in [6.45, 7) is 0. The number of hydrogen-bond donors (Lipinski definition) is 1. The van der Waals surface area contributed by atoms with Crippen LogP contribution in [0.15, 0.2) is 65.3 Å². The summed E-state index contributed by atoms with van der Waals surface area (Å²) in [5, 5.41) is 4.98. The minimum Gasteiger partial charge on any atom is -0.451 e. The number of imidazole rings is 1. The van der Waals surface area contributed by atoms with Crippen molar-refractivity contribution in [1.29, 1.82) is 0 Å². The normalized spacial score (nSPS) is 12.3. The Kier molecular flexibility index (Phi) is 4.64. The first-order valence-electron chi connectivity index (χ1n) is 8.24. The zero-order valence-corrected chi connectivity index (χ0v) is 15.8. The summed E-state index contributed by atoms with van der Waals surface area (Å²) in [7, 11) is 1.88. The number of hydrogen-bond acceptors (Lipinski definition) is 3. The molecule has 0 radical (unpaired) electrons. The molecule has 2 heterocycles. The molecule has 2 aromatic carbocycles.